The molecule has 0 fully saturated rings. The zero-order valence-corrected chi connectivity index (χ0v) is 37.3. The maximum atomic E-state index is 14.0. The van der Waals surface area contributed by atoms with Crippen LogP contribution in [0.4, 0.5) is 21.0 Å². The average Bonchev–Trinajstić information content (AvgIpc) is 3.11. The molecule has 0 aliphatic heterocycles. The van der Waals surface area contributed by atoms with Crippen molar-refractivity contribution >= 4 is 64.6 Å². The van der Waals surface area contributed by atoms with Crippen molar-refractivity contribution in [2.75, 3.05) is 16.8 Å². The van der Waals surface area contributed by atoms with Crippen molar-refractivity contribution in [2.24, 2.45) is 15.8 Å². The SMILES string of the molecule is CC(C)(C)Cc1cccc(N(CC(C)(C)C)C(=O)c2ccc3cc(OC(=O)c4ccc(NC(=NC(=O)OC(C)(C)C)NC(=O)OC(C)(C)C)cc4)ccc3n2)c1.O=C=O.O=C=O. The standard InChI is InChI=1S/C44H55N5O7.2CO2/c1-41(2,3)26-28-14-13-15-32(24-28)49(27-42(4,5)6)36(50)35-22-18-30-25-33(21-23-34(30)46-35)54-37(51)29-16-19-31(20-17-29)45-38(47-39(52)55-43(7,8)9)48-40(53)56-44(10,11)12;2*2-1-3/h13-25H,26-27H2,1-12H3,(H2,45,47,48,52,53);;. The number of anilines is 2. The van der Waals surface area contributed by atoms with E-state index in [1.165, 1.54) is 12.1 Å². The van der Waals surface area contributed by atoms with Gasteiger partial charge in [-0.15, -0.1) is 4.99 Å². The van der Waals surface area contributed by atoms with Gasteiger partial charge in [0.1, 0.15) is 22.6 Å². The number of aromatic nitrogens is 1. The number of nitrogens with zero attached hydrogens (tertiary/aromatic N) is 3. The third kappa shape index (κ3) is 18.9. The first kappa shape index (κ1) is 51.1. The smallest absolute Gasteiger partial charge is 0.437 e. The zero-order valence-electron chi connectivity index (χ0n) is 37.3. The lowest BCUT2D eigenvalue weighted by atomic mass is 9.88. The molecule has 0 bridgehead atoms. The topological polar surface area (TPSA) is 217 Å². The summed E-state index contributed by atoms with van der Waals surface area (Å²) in [7, 11) is 0. The molecule has 0 saturated carbocycles. The number of carbonyl (C=O) groups excluding carboxylic acids is 8. The second-order valence-corrected chi connectivity index (χ2v) is 18.2. The Kier molecular flexibility index (Phi) is 18.1. The minimum Gasteiger partial charge on any atom is -0.444 e. The fourth-order valence-corrected chi connectivity index (χ4v) is 5.48. The van der Waals surface area contributed by atoms with Crippen LogP contribution < -0.4 is 20.3 Å². The minimum absolute atomic E-state index is 0.0992. The van der Waals surface area contributed by atoms with Crippen molar-refractivity contribution < 1.29 is 52.6 Å². The van der Waals surface area contributed by atoms with Gasteiger partial charge in [0, 0.05) is 23.3 Å². The maximum Gasteiger partial charge on any atom is 0.437 e. The number of esters is 1. The van der Waals surface area contributed by atoms with Gasteiger partial charge in [0.05, 0.1) is 11.1 Å². The molecule has 0 spiro atoms. The number of hydrogen-bond acceptors (Lipinski definition) is 12. The average molecular weight is 854 g/mol. The van der Waals surface area contributed by atoms with Gasteiger partial charge in [-0.3, -0.25) is 10.1 Å². The molecular weight excluding hydrogens is 799 g/mol. The Labute approximate surface area is 361 Å². The number of alkyl carbamates (subject to hydrolysis) is 1. The first-order valence-electron chi connectivity index (χ1n) is 19.4. The first-order valence-corrected chi connectivity index (χ1v) is 19.4. The third-order valence-corrected chi connectivity index (χ3v) is 7.52. The molecule has 4 rings (SSSR count). The van der Waals surface area contributed by atoms with Gasteiger partial charge in [0.25, 0.3) is 5.91 Å². The number of ether oxygens (including phenoxy) is 3. The Hall–Kier alpha value is -7.02. The number of pyridine rings is 1. The molecule has 1 aromatic heterocycles. The molecule has 16 nitrogen and oxygen atoms in total. The van der Waals surface area contributed by atoms with Gasteiger partial charge < -0.3 is 24.4 Å². The van der Waals surface area contributed by atoms with Crippen LogP contribution >= 0.6 is 0 Å². The molecule has 330 valence electrons. The molecule has 0 aliphatic carbocycles. The fraction of sp³-hybridized carbons (Fsp3) is 0.391. The van der Waals surface area contributed by atoms with E-state index in [1.807, 2.05) is 12.1 Å². The lowest BCUT2D eigenvalue weighted by Crippen LogP contribution is -2.40. The molecule has 2 N–H and O–H groups in total. The molecule has 0 unspecified atom stereocenters. The van der Waals surface area contributed by atoms with Crippen molar-refractivity contribution in [1.82, 2.24) is 10.3 Å². The number of fused-ring (bicyclic) bond motifs is 1. The van der Waals surface area contributed by atoms with Crippen LogP contribution in [-0.4, -0.2) is 65.1 Å². The second kappa shape index (κ2) is 22.0. The molecule has 62 heavy (non-hydrogen) atoms. The van der Waals surface area contributed by atoms with E-state index in [1.54, 1.807) is 88.9 Å². The zero-order chi connectivity index (χ0) is 47.1. The summed E-state index contributed by atoms with van der Waals surface area (Å²) < 4.78 is 16.2. The van der Waals surface area contributed by atoms with E-state index >= 15 is 0 Å². The number of amides is 3. The van der Waals surface area contributed by atoms with E-state index in [2.05, 4.69) is 69.3 Å². The monoisotopic (exact) mass is 853 g/mol. The van der Waals surface area contributed by atoms with Crippen LogP contribution in [0.25, 0.3) is 10.9 Å². The molecule has 0 atom stereocenters. The highest BCUT2D eigenvalue weighted by Crippen LogP contribution is 2.29. The summed E-state index contributed by atoms with van der Waals surface area (Å²) in [5.74, 6) is -0.752. The molecule has 1 heterocycles. The summed E-state index contributed by atoms with van der Waals surface area (Å²) >= 11 is 0. The Morgan fingerprint density at radius 3 is 1.85 bits per heavy atom. The van der Waals surface area contributed by atoms with Gasteiger partial charge in [-0.05, 0) is 125 Å². The van der Waals surface area contributed by atoms with E-state index in [0.717, 1.165) is 17.7 Å². The summed E-state index contributed by atoms with van der Waals surface area (Å²) in [6, 6.07) is 22.8. The number of guanidine groups is 1. The molecule has 3 aromatic carbocycles. The van der Waals surface area contributed by atoms with Crippen LogP contribution in [0.5, 0.6) is 5.75 Å². The molecule has 0 radical (unpaired) electrons. The van der Waals surface area contributed by atoms with Crippen molar-refractivity contribution in [3.05, 3.63) is 95.7 Å². The summed E-state index contributed by atoms with van der Waals surface area (Å²) in [5, 5.41) is 5.96. The quantitative estimate of drug-likeness (QED) is 0.0770. The number of nitrogens with one attached hydrogen (secondary N) is 2. The van der Waals surface area contributed by atoms with Gasteiger partial charge >= 0.3 is 30.5 Å². The normalized spacial score (nSPS) is 11.5. The maximum absolute atomic E-state index is 14.0. The van der Waals surface area contributed by atoms with Crippen LogP contribution in [0.15, 0.2) is 83.9 Å². The van der Waals surface area contributed by atoms with Crippen molar-refractivity contribution in [2.45, 2.75) is 101 Å². The molecule has 4 aromatic rings. The number of hydrogen-bond donors (Lipinski definition) is 2. The van der Waals surface area contributed by atoms with E-state index in [4.69, 9.17) is 38.4 Å². The molecule has 16 heteroatoms. The largest absolute Gasteiger partial charge is 0.444 e. The highest BCUT2D eigenvalue weighted by atomic mass is 16.6. The molecular formula is C46H55N5O11. The number of carbonyl (C=O) groups is 4. The predicted octanol–water partition coefficient (Wildman–Crippen LogP) is 8.80. The van der Waals surface area contributed by atoms with Crippen molar-refractivity contribution in [3.8, 4) is 5.75 Å². The molecule has 0 aliphatic rings. The lowest BCUT2D eigenvalue weighted by molar-refractivity contribution is -0.193. The van der Waals surface area contributed by atoms with Crippen LogP contribution in [0, 0.1) is 10.8 Å². The predicted molar refractivity (Wildman–Crippen MR) is 231 cm³/mol. The van der Waals surface area contributed by atoms with E-state index in [9.17, 15) is 19.2 Å². The molecule has 3 amide bonds. The van der Waals surface area contributed by atoms with Crippen LogP contribution in [0.1, 0.15) is 109 Å². The van der Waals surface area contributed by atoms with Crippen molar-refractivity contribution in [1.29, 1.82) is 0 Å². The Morgan fingerprint density at radius 2 is 1.31 bits per heavy atom. The molecule has 0 saturated heterocycles. The van der Waals surface area contributed by atoms with Gasteiger partial charge in [0.15, 0.2) is 0 Å². The number of aliphatic imine (C=N–C) groups is 1. The first-order chi connectivity index (χ1) is 28.6. The van der Waals surface area contributed by atoms with Crippen molar-refractivity contribution in [3.63, 3.8) is 0 Å². The number of benzene rings is 3. The van der Waals surface area contributed by atoms with Gasteiger partial charge in [-0.2, -0.15) is 19.2 Å². The van der Waals surface area contributed by atoms with Crippen LogP contribution in [0.2, 0.25) is 0 Å². The van der Waals surface area contributed by atoms with Gasteiger partial charge in [0.2, 0.25) is 5.96 Å². The van der Waals surface area contributed by atoms with E-state index in [0.29, 0.717) is 34.6 Å². The van der Waals surface area contributed by atoms with E-state index < -0.39 is 29.4 Å². The highest BCUT2D eigenvalue weighted by Gasteiger charge is 2.26. The Balaban J connectivity index is 0.00000208. The second-order valence-electron chi connectivity index (χ2n) is 18.2. The van der Waals surface area contributed by atoms with Crippen LogP contribution in [0.3, 0.4) is 0 Å². The highest BCUT2D eigenvalue weighted by molar-refractivity contribution is 6.07. The minimum atomic E-state index is -0.926. The summed E-state index contributed by atoms with van der Waals surface area (Å²) in [6.45, 7) is 23.6. The van der Waals surface area contributed by atoms with E-state index in [-0.39, 0.29) is 40.6 Å². The Bertz CT molecular complexity index is 2290. The van der Waals surface area contributed by atoms with Gasteiger partial charge in [-0.1, -0.05) is 59.7 Å². The lowest BCUT2D eigenvalue weighted by Gasteiger charge is -2.30. The summed E-state index contributed by atoms with van der Waals surface area (Å²) in [4.78, 5) is 94.9. The summed E-state index contributed by atoms with van der Waals surface area (Å²) in [5.41, 5.74) is 1.85. The number of rotatable bonds is 7. The Morgan fingerprint density at radius 1 is 0.710 bits per heavy atom. The summed E-state index contributed by atoms with van der Waals surface area (Å²) in [6.07, 6.45) is -0.379. The van der Waals surface area contributed by atoms with Crippen LogP contribution in [-0.2, 0) is 35.1 Å². The fourth-order valence-electron chi connectivity index (χ4n) is 5.48. The van der Waals surface area contributed by atoms with Gasteiger partial charge in [-0.25, -0.2) is 19.4 Å². The third-order valence-electron chi connectivity index (χ3n) is 7.52.